The van der Waals surface area contributed by atoms with Gasteiger partial charge in [0.05, 0.1) is 4.90 Å². The number of anilines is 1. The smallest absolute Gasteiger partial charge is 0.238 e. The molecule has 124 valence electrons. The Bertz CT molecular complexity index is 758. The molecular formula is C16H22N4O2S. The summed E-state index contributed by atoms with van der Waals surface area (Å²) in [5, 5.41) is 8.43. The number of aryl methyl sites for hydroxylation is 2. The number of nitrogens with one attached hydrogen (secondary N) is 1. The Morgan fingerprint density at radius 2 is 1.87 bits per heavy atom. The van der Waals surface area contributed by atoms with Crippen LogP contribution in [0.3, 0.4) is 0 Å². The molecule has 0 unspecified atom stereocenters. The molecule has 2 rings (SSSR count). The minimum atomic E-state index is -3.63. The predicted molar refractivity (Wildman–Crippen MR) is 90.8 cm³/mol. The van der Waals surface area contributed by atoms with Crippen molar-refractivity contribution in [2.45, 2.75) is 38.0 Å². The number of aromatic nitrogens is 2. The van der Waals surface area contributed by atoms with Crippen LogP contribution < -0.4 is 10.5 Å². The summed E-state index contributed by atoms with van der Waals surface area (Å²) in [5.41, 5.74) is 2.15. The van der Waals surface area contributed by atoms with E-state index in [0.29, 0.717) is 6.54 Å². The van der Waals surface area contributed by atoms with Crippen molar-refractivity contribution in [3.05, 3.63) is 47.4 Å². The van der Waals surface area contributed by atoms with Gasteiger partial charge in [-0.25, -0.2) is 23.5 Å². The molecule has 0 radical (unpaired) electrons. The summed E-state index contributed by atoms with van der Waals surface area (Å²) in [7, 11) is -3.63. The third kappa shape index (κ3) is 5.01. The number of benzene rings is 1. The van der Waals surface area contributed by atoms with Gasteiger partial charge in [-0.15, -0.1) is 0 Å². The van der Waals surface area contributed by atoms with E-state index in [0.717, 1.165) is 42.0 Å². The Kier molecular flexibility index (Phi) is 5.68. The Morgan fingerprint density at radius 1 is 1.17 bits per heavy atom. The fourth-order valence-electron chi connectivity index (χ4n) is 2.27. The van der Waals surface area contributed by atoms with Gasteiger partial charge in [0.25, 0.3) is 0 Å². The maximum absolute atomic E-state index is 11.2. The van der Waals surface area contributed by atoms with Crippen LogP contribution in [0.5, 0.6) is 0 Å². The van der Waals surface area contributed by atoms with Crippen LogP contribution in [0.4, 0.5) is 5.82 Å². The summed E-state index contributed by atoms with van der Waals surface area (Å²) < 4.78 is 22.5. The van der Waals surface area contributed by atoms with Gasteiger partial charge in [-0.1, -0.05) is 25.5 Å². The van der Waals surface area contributed by atoms with Crippen molar-refractivity contribution in [2.24, 2.45) is 5.14 Å². The SMILES string of the molecule is CCCc1cnc(C)nc1NCCc1ccc(S(N)(=O)=O)cc1. The molecule has 0 saturated carbocycles. The van der Waals surface area contributed by atoms with Gasteiger partial charge in [-0.2, -0.15) is 0 Å². The summed E-state index contributed by atoms with van der Waals surface area (Å²) in [4.78, 5) is 8.82. The first kappa shape index (κ1) is 17.4. The maximum atomic E-state index is 11.2. The van der Waals surface area contributed by atoms with E-state index in [9.17, 15) is 8.42 Å². The maximum Gasteiger partial charge on any atom is 0.238 e. The van der Waals surface area contributed by atoms with Gasteiger partial charge >= 0.3 is 0 Å². The van der Waals surface area contributed by atoms with Crippen molar-refractivity contribution in [3.63, 3.8) is 0 Å². The second-order valence-corrected chi connectivity index (χ2v) is 6.97. The summed E-state index contributed by atoms with van der Waals surface area (Å²) in [6, 6.07) is 6.61. The number of primary sulfonamides is 1. The highest BCUT2D eigenvalue weighted by Crippen LogP contribution is 2.14. The monoisotopic (exact) mass is 334 g/mol. The fourth-order valence-corrected chi connectivity index (χ4v) is 2.79. The largest absolute Gasteiger partial charge is 0.369 e. The lowest BCUT2D eigenvalue weighted by molar-refractivity contribution is 0.598. The molecular weight excluding hydrogens is 312 g/mol. The lowest BCUT2D eigenvalue weighted by Gasteiger charge is -2.11. The zero-order chi connectivity index (χ0) is 16.9. The van der Waals surface area contributed by atoms with Crippen LogP contribution in [-0.2, 0) is 22.9 Å². The minimum Gasteiger partial charge on any atom is -0.369 e. The average molecular weight is 334 g/mol. The van der Waals surface area contributed by atoms with E-state index in [2.05, 4.69) is 22.2 Å². The Balaban J connectivity index is 1.98. The molecule has 0 saturated heterocycles. The van der Waals surface area contributed by atoms with Crippen molar-refractivity contribution in [3.8, 4) is 0 Å². The summed E-state index contributed by atoms with van der Waals surface area (Å²) in [5.74, 6) is 1.62. The molecule has 0 atom stereocenters. The van der Waals surface area contributed by atoms with Gasteiger partial charge < -0.3 is 5.32 Å². The van der Waals surface area contributed by atoms with E-state index < -0.39 is 10.0 Å². The van der Waals surface area contributed by atoms with Crippen LogP contribution in [0.25, 0.3) is 0 Å². The first-order chi connectivity index (χ1) is 10.9. The quantitative estimate of drug-likeness (QED) is 0.807. The van der Waals surface area contributed by atoms with Crippen LogP contribution in [0.2, 0.25) is 0 Å². The molecule has 1 aromatic heterocycles. The Hall–Kier alpha value is -1.99. The van der Waals surface area contributed by atoms with E-state index in [1.165, 1.54) is 12.1 Å². The molecule has 0 spiro atoms. The van der Waals surface area contributed by atoms with Crippen LogP contribution in [0.15, 0.2) is 35.4 Å². The second-order valence-electron chi connectivity index (χ2n) is 5.41. The van der Waals surface area contributed by atoms with E-state index in [-0.39, 0.29) is 4.90 Å². The lowest BCUT2D eigenvalue weighted by atomic mass is 10.1. The number of sulfonamides is 1. The number of hydrogen-bond donors (Lipinski definition) is 2. The number of nitrogens with zero attached hydrogens (tertiary/aromatic N) is 2. The average Bonchev–Trinajstić information content (AvgIpc) is 2.50. The van der Waals surface area contributed by atoms with Crippen LogP contribution in [-0.4, -0.2) is 24.9 Å². The van der Waals surface area contributed by atoms with Crippen molar-refractivity contribution < 1.29 is 8.42 Å². The van der Waals surface area contributed by atoms with Gasteiger partial charge in [-0.3, -0.25) is 0 Å². The third-order valence-corrected chi connectivity index (χ3v) is 4.39. The minimum absolute atomic E-state index is 0.130. The molecule has 0 fully saturated rings. The molecule has 2 aromatic rings. The van der Waals surface area contributed by atoms with Gasteiger partial charge in [-0.05, 0) is 37.5 Å². The van der Waals surface area contributed by atoms with E-state index in [1.54, 1.807) is 12.1 Å². The lowest BCUT2D eigenvalue weighted by Crippen LogP contribution is -2.12. The van der Waals surface area contributed by atoms with Gasteiger partial charge in [0.2, 0.25) is 10.0 Å². The second kappa shape index (κ2) is 7.52. The first-order valence-corrected chi connectivity index (χ1v) is 9.13. The fraction of sp³-hybridized carbons (Fsp3) is 0.375. The Labute approximate surface area is 137 Å². The molecule has 1 aromatic carbocycles. The van der Waals surface area contributed by atoms with E-state index >= 15 is 0 Å². The highest BCUT2D eigenvalue weighted by Gasteiger charge is 2.07. The molecule has 0 bridgehead atoms. The predicted octanol–water partition coefficient (Wildman–Crippen LogP) is 2.04. The zero-order valence-corrected chi connectivity index (χ0v) is 14.2. The summed E-state index contributed by atoms with van der Waals surface area (Å²) >= 11 is 0. The third-order valence-electron chi connectivity index (χ3n) is 3.46. The zero-order valence-electron chi connectivity index (χ0n) is 13.4. The van der Waals surface area contributed by atoms with Crippen LogP contribution in [0.1, 0.15) is 30.3 Å². The highest BCUT2D eigenvalue weighted by atomic mass is 32.2. The number of hydrogen-bond acceptors (Lipinski definition) is 5. The van der Waals surface area contributed by atoms with Gasteiger partial charge in [0, 0.05) is 18.3 Å². The van der Waals surface area contributed by atoms with Crippen LogP contribution >= 0.6 is 0 Å². The van der Waals surface area contributed by atoms with Gasteiger partial charge in [0.15, 0.2) is 0 Å². The molecule has 6 nitrogen and oxygen atoms in total. The van der Waals surface area contributed by atoms with Crippen molar-refractivity contribution in [1.82, 2.24) is 9.97 Å². The van der Waals surface area contributed by atoms with E-state index in [1.807, 2.05) is 13.1 Å². The standard InChI is InChI=1S/C16H22N4O2S/c1-3-4-14-11-19-12(2)20-16(14)18-10-9-13-5-7-15(8-6-13)23(17,21)22/h5-8,11H,3-4,9-10H2,1-2H3,(H2,17,21,22)(H,18,19,20). The van der Waals surface area contributed by atoms with E-state index in [4.69, 9.17) is 5.14 Å². The normalized spacial score (nSPS) is 11.4. The van der Waals surface area contributed by atoms with Gasteiger partial charge in [0.1, 0.15) is 11.6 Å². The summed E-state index contributed by atoms with van der Waals surface area (Å²) in [6.45, 7) is 4.70. The van der Waals surface area contributed by atoms with Crippen LogP contribution in [0, 0.1) is 6.92 Å². The molecule has 23 heavy (non-hydrogen) atoms. The number of nitrogens with two attached hydrogens (primary N) is 1. The van der Waals surface area contributed by atoms with Crippen molar-refractivity contribution in [1.29, 1.82) is 0 Å². The summed E-state index contributed by atoms with van der Waals surface area (Å²) in [6.07, 6.45) is 4.61. The molecule has 0 aliphatic heterocycles. The number of rotatable bonds is 7. The highest BCUT2D eigenvalue weighted by molar-refractivity contribution is 7.89. The molecule has 7 heteroatoms. The molecule has 3 N–H and O–H groups in total. The first-order valence-electron chi connectivity index (χ1n) is 7.58. The topological polar surface area (TPSA) is 98.0 Å². The molecule has 1 heterocycles. The van der Waals surface area contributed by atoms with Crippen molar-refractivity contribution >= 4 is 15.8 Å². The Morgan fingerprint density at radius 3 is 2.48 bits per heavy atom. The molecule has 0 aliphatic carbocycles. The van der Waals surface area contributed by atoms with Crippen molar-refractivity contribution in [2.75, 3.05) is 11.9 Å². The molecule has 0 amide bonds. The molecule has 0 aliphatic rings.